The third kappa shape index (κ3) is 2.92. The van der Waals surface area contributed by atoms with Gasteiger partial charge in [0.15, 0.2) is 11.5 Å². The fourth-order valence-corrected chi connectivity index (χ4v) is 3.13. The molecule has 1 N–H and O–H groups in total. The van der Waals surface area contributed by atoms with Crippen LogP contribution in [0.3, 0.4) is 0 Å². The van der Waals surface area contributed by atoms with Gasteiger partial charge in [-0.2, -0.15) is 22.8 Å². The molecule has 2 aromatic heterocycles. The van der Waals surface area contributed by atoms with Crippen LogP contribution in [-0.4, -0.2) is 60.9 Å². The molecule has 152 valence electrons. The van der Waals surface area contributed by atoms with E-state index in [9.17, 15) is 23.1 Å². The van der Waals surface area contributed by atoms with E-state index in [0.29, 0.717) is 11.3 Å². The average Bonchev–Trinajstić information content (AvgIpc) is 3.29. The quantitative estimate of drug-likeness (QED) is 0.692. The molecular weight excluding hydrogens is 391 g/mol. The lowest BCUT2D eigenvalue weighted by Crippen LogP contribution is -2.52. The molecule has 1 atom stereocenters. The lowest BCUT2D eigenvalue weighted by Gasteiger charge is -2.35. The molecule has 1 aromatic carbocycles. The van der Waals surface area contributed by atoms with Gasteiger partial charge in [-0.15, -0.1) is 5.10 Å². The number of anilines is 1. The van der Waals surface area contributed by atoms with Crippen LogP contribution in [0.2, 0.25) is 0 Å². The van der Waals surface area contributed by atoms with Crippen LogP contribution in [-0.2, 0) is 13.2 Å². The first-order chi connectivity index (χ1) is 13.6. The second-order valence-electron chi connectivity index (χ2n) is 6.64. The molecule has 1 aliphatic rings. The van der Waals surface area contributed by atoms with Gasteiger partial charge in [0.05, 0.1) is 11.8 Å². The zero-order valence-electron chi connectivity index (χ0n) is 15.6. The Bertz CT molecular complexity index is 1090. The van der Waals surface area contributed by atoms with Gasteiger partial charge in [-0.3, -0.25) is 9.69 Å². The average molecular weight is 407 g/mol. The van der Waals surface area contributed by atoms with Gasteiger partial charge in [-0.05, 0) is 12.1 Å². The number of aromatic nitrogens is 5. The summed E-state index contributed by atoms with van der Waals surface area (Å²) in [5.74, 6) is 0.142. The largest absolute Gasteiger partial charge is 0.416 e. The van der Waals surface area contributed by atoms with Gasteiger partial charge in [0.1, 0.15) is 5.69 Å². The first-order valence-corrected chi connectivity index (χ1v) is 8.44. The normalized spacial score (nSPS) is 17.1. The molecule has 0 spiro atoms. The molecule has 3 aromatic rings. The molecule has 0 saturated carbocycles. The van der Waals surface area contributed by atoms with Crippen LogP contribution < -0.4 is 4.90 Å². The van der Waals surface area contributed by atoms with E-state index in [1.807, 2.05) is 0 Å². The zero-order valence-corrected chi connectivity index (χ0v) is 15.6. The van der Waals surface area contributed by atoms with Crippen LogP contribution in [0.1, 0.15) is 16.1 Å². The smallest absolute Gasteiger partial charge is 0.356 e. The van der Waals surface area contributed by atoms with Crippen molar-refractivity contribution in [1.29, 1.82) is 0 Å². The van der Waals surface area contributed by atoms with E-state index in [0.717, 1.165) is 12.1 Å². The minimum atomic E-state index is -4.42. The third-order valence-electron chi connectivity index (χ3n) is 4.81. The highest BCUT2D eigenvalue weighted by molar-refractivity contribution is 5.99. The molecule has 29 heavy (non-hydrogen) atoms. The summed E-state index contributed by atoms with van der Waals surface area (Å²) in [7, 11) is 4.69. The van der Waals surface area contributed by atoms with Gasteiger partial charge >= 0.3 is 6.18 Å². The van der Waals surface area contributed by atoms with Crippen LogP contribution in [0.25, 0.3) is 17.2 Å². The predicted octanol–water partition coefficient (Wildman–Crippen LogP) is 1.48. The van der Waals surface area contributed by atoms with Crippen LogP contribution in [0.15, 0.2) is 30.5 Å². The number of benzene rings is 1. The molecular formula is C17H16F3N7O2. The highest BCUT2D eigenvalue weighted by atomic mass is 19.4. The van der Waals surface area contributed by atoms with Crippen molar-refractivity contribution in [3.63, 3.8) is 0 Å². The number of imidazole rings is 1. The van der Waals surface area contributed by atoms with E-state index in [1.54, 1.807) is 14.1 Å². The lowest BCUT2D eigenvalue weighted by atomic mass is 10.1. The van der Waals surface area contributed by atoms with E-state index < -0.39 is 24.0 Å². The standard InChI is InChI=1S/C17H16F3N7O2/c1-24-12-13(25(2)16(29)26(3)14(12)28)21-15(24)27-8-11(22-23-27)9-4-6-10(7-5-9)17(18,19)20/h4-8,16,29H,1-3H3. The number of hydrogen-bond donors (Lipinski definition) is 1. The second kappa shape index (κ2) is 6.30. The Balaban J connectivity index is 1.71. The van der Waals surface area contributed by atoms with Crippen molar-refractivity contribution < 1.29 is 23.1 Å². The molecule has 0 saturated heterocycles. The number of hydrogen-bond acceptors (Lipinski definition) is 6. The summed E-state index contributed by atoms with van der Waals surface area (Å²) in [4.78, 5) is 19.5. The van der Waals surface area contributed by atoms with Crippen LogP contribution in [0.5, 0.6) is 0 Å². The van der Waals surface area contributed by atoms with E-state index in [2.05, 4.69) is 15.3 Å². The van der Waals surface area contributed by atoms with Crippen molar-refractivity contribution in [2.45, 2.75) is 12.5 Å². The minimum absolute atomic E-state index is 0.266. The van der Waals surface area contributed by atoms with E-state index >= 15 is 0 Å². The SMILES string of the molecule is CN1C(=O)c2c(nc(-n3cc(-c4ccc(C(F)(F)F)cc4)nn3)n2C)N(C)C1O. The molecule has 12 heteroatoms. The third-order valence-corrected chi connectivity index (χ3v) is 4.81. The molecule has 3 heterocycles. The molecule has 4 rings (SSSR count). The molecule has 0 fully saturated rings. The Hall–Kier alpha value is -3.41. The predicted molar refractivity (Wildman–Crippen MR) is 95.1 cm³/mol. The zero-order chi connectivity index (χ0) is 21.1. The van der Waals surface area contributed by atoms with Crippen molar-refractivity contribution in [2.24, 2.45) is 7.05 Å². The van der Waals surface area contributed by atoms with Crippen molar-refractivity contribution in [1.82, 2.24) is 29.4 Å². The van der Waals surface area contributed by atoms with Crippen molar-refractivity contribution in [3.8, 4) is 17.2 Å². The lowest BCUT2D eigenvalue weighted by molar-refractivity contribution is -0.137. The number of carbonyl (C=O) groups is 1. The van der Waals surface area contributed by atoms with Gasteiger partial charge in [0.2, 0.25) is 12.3 Å². The topological polar surface area (TPSA) is 92.3 Å². The van der Waals surface area contributed by atoms with Gasteiger partial charge < -0.3 is 14.6 Å². The Labute approximate surface area is 162 Å². The van der Waals surface area contributed by atoms with E-state index in [1.165, 1.54) is 44.4 Å². The number of aliphatic hydroxyl groups excluding tert-OH is 1. The maximum Gasteiger partial charge on any atom is 0.416 e. The summed E-state index contributed by atoms with van der Waals surface area (Å²) in [6.07, 6.45) is -4.07. The Morgan fingerprint density at radius 1 is 1.07 bits per heavy atom. The fraction of sp³-hybridized carbons (Fsp3) is 0.294. The summed E-state index contributed by atoms with van der Waals surface area (Å²) >= 11 is 0. The maximum atomic E-state index is 12.7. The first-order valence-electron chi connectivity index (χ1n) is 8.44. The van der Waals surface area contributed by atoms with Crippen molar-refractivity contribution in [2.75, 3.05) is 19.0 Å². The molecule has 0 bridgehead atoms. The summed E-state index contributed by atoms with van der Waals surface area (Å²) in [5.41, 5.74) is 0.305. The Morgan fingerprint density at radius 3 is 2.34 bits per heavy atom. The van der Waals surface area contributed by atoms with E-state index in [4.69, 9.17) is 0 Å². The molecule has 1 unspecified atom stereocenters. The second-order valence-corrected chi connectivity index (χ2v) is 6.64. The number of halogens is 3. The number of aliphatic hydroxyl groups is 1. The highest BCUT2D eigenvalue weighted by Crippen LogP contribution is 2.31. The number of carbonyl (C=O) groups excluding carboxylic acids is 1. The van der Waals surface area contributed by atoms with Gasteiger partial charge in [-0.1, -0.05) is 17.3 Å². The first kappa shape index (κ1) is 18.9. The highest BCUT2D eigenvalue weighted by Gasteiger charge is 2.37. The number of amides is 1. The maximum absolute atomic E-state index is 12.7. The summed E-state index contributed by atoms with van der Waals surface area (Å²) in [6.45, 7) is 0. The van der Waals surface area contributed by atoms with Crippen molar-refractivity contribution in [3.05, 3.63) is 41.7 Å². The van der Waals surface area contributed by atoms with Crippen molar-refractivity contribution >= 4 is 11.7 Å². The monoisotopic (exact) mass is 407 g/mol. The molecule has 1 aliphatic heterocycles. The number of fused-ring (bicyclic) bond motifs is 1. The fourth-order valence-electron chi connectivity index (χ4n) is 3.13. The van der Waals surface area contributed by atoms with Crippen LogP contribution in [0.4, 0.5) is 19.0 Å². The summed E-state index contributed by atoms with van der Waals surface area (Å²) in [5, 5.41) is 18.1. The number of alkyl halides is 3. The van der Waals surface area contributed by atoms with Crippen LogP contribution >= 0.6 is 0 Å². The Morgan fingerprint density at radius 2 is 1.72 bits per heavy atom. The van der Waals surface area contributed by atoms with Gasteiger partial charge in [-0.25, -0.2) is 0 Å². The molecule has 1 amide bonds. The van der Waals surface area contributed by atoms with Gasteiger partial charge in [0, 0.05) is 26.7 Å². The Kier molecular flexibility index (Phi) is 4.12. The van der Waals surface area contributed by atoms with Gasteiger partial charge in [0.25, 0.3) is 5.91 Å². The summed E-state index contributed by atoms with van der Waals surface area (Å²) in [6, 6.07) is 4.56. The molecule has 0 aliphatic carbocycles. The number of rotatable bonds is 2. The summed E-state index contributed by atoms with van der Waals surface area (Å²) < 4.78 is 41.0. The molecule has 9 nitrogen and oxygen atoms in total. The van der Waals surface area contributed by atoms with Crippen LogP contribution in [0, 0.1) is 0 Å². The molecule has 0 radical (unpaired) electrons. The number of nitrogens with zero attached hydrogens (tertiary/aromatic N) is 7. The minimum Gasteiger partial charge on any atom is -0.356 e. The van der Waals surface area contributed by atoms with E-state index in [-0.39, 0.29) is 17.5 Å².